The van der Waals surface area contributed by atoms with E-state index in [-0.39, 0.29) is 18.9 Å². The van der Waals surface area contributed by atoms with E-state index < -0.39 is 17.9 Å². The minimum absolute atomic E-state index is 0.118. The second-order valence-corrected chi connectivity index (χ2v) is 9.40. The van der Waals surface area contributed by atoms with Crippen molar-refractivity contribution in [3.05, 3.63) is 12.2 Å². The van der Waals surface area contributed by atoms with Crippen LogP contribution in [0.3, 0.4) is 0 Å². The molecule has 1 N–H and O–H groups in total. The van der Waals surface area contributed by atoms with Crippen LogP contribution in [-0.4, -0.2) is 35.4 Å². The fourth-order valence-electron chi connectivity index (χ4n) is 4.88. The van der Waals surface area contributed by atoms with Gasteiger partial charge in [-0.1, -0.05) is 44.8 Å². The zero-order valence-electron chi connectivity index (χ0n) is 19.5. The number of aliphatic hydroxyl groups is 1. The van der Waals surface area contributed by atoms with Crippen LogP contribution in [0.4, 0.5) is 0 Å². The van der Waals surface area contributed by atoms with Gasteiger partial charge in [0.1, 0.15) is 5.78 Å². The van der Waals surface area contributed by atoms with Crippen molar-refractivity contribution < 1.29 is 24.2 Å². The molecule has 0 saturated heterocycles. The van der Waals surface area contributed by atoms with E-state index in [1.165, 1.54) is 32.1 Å². The van der Waals surface area contributed by atoms with Gasteiger partial charge in [-0.2, -0.15) is 0 Å². The standard InChI is InChI=1S/C26H42O5/c1-3-5-10-19(20-15-16-20)11-9-12-21-17-18-23(27)22(21)13-7-6-8-14-24(28)25(29)26(30)31-4-2/h9,12,19-22,25,29H,3-8,10-11,13-18H2,1-2H3/t19-,21-,22+,25?/m0/s1. The van der Waals surface area contributed by atoms with Crippen LogP contribution >= 0.6 is 0 Å². The highest BCUT2D eigenvalue weighted by Crippen LogP contribution is 2.41. The van der Waals surface area contributed by atoms with Crippen molar-refractivity contribution in [1.82, 2.24) is 0 Å². The van der Waals surface area contributed by atoms with E-state index in [4.69, 9.17) is 0 Å². The maximum Gasteiger partial charge on any atom is 0.342 e. The number of esters is 1. The Morgan fingerprint density at radius 2 is 1.90 bits per heavy atom. The Morgan fingerprint density at radius 3 is 2.58 bits per heavy atom. The highest BCUT2D eigenvalue weighted by Gasteiger charge is 2.33. The van der Waals surface area contributed by atoms with Gasteiger partial charge >= 0.3 is 5.97 Å². The van der Waals surface area contributed by atoms with E-state index >= 15 is 0 Å². The van der Waals surface area contributed by atoms with E-state index in [0.717, 1.165) is 43.9 Å². The number of ketones is 2. The van der Waals surface area contributed by atoms with Crippen molar-refractivity contribution in [2.24, 2.45) is 23.7 Å². The van der Waals surface area contributed by atoms with Crippen LogP contribution in [0.5, 0.6) is 0 Å². The van der Waals surface area contributed by atoms with Gasteiger partial charge in [-0.05, 0) is 69.6 Å². The van der Waals surface area contributed by atoms with Crippen LogP contribution in [0.25, 0.3) is 0 Å². The van der Waals surface area contributed by atoms with Crippen molar-refractivity contribution in [3.8, 4) is 0 Å². The predicted molar refractivity (Wildman–Crippen MR) is 121 cm³/mol. The van der Waals surface area contributed by atoms with Crippen molar-refractivity contribution in [3.63, 3.8) is 0 Å². The molecule has 176 valence electrons. The number of allylic oxidation sites excluding steroid dienone is 2. The molecule has 0 spiro atoms. The van der Waals surface area contributed by atoms with Crippen LogP contribution in [0.15, 0.2) is 12.2 Å². The quantitative estimate of drug-likeness (QED) is 0.156. The minimum Gasteiger partial charge on any atom is -0.464 e. The summed E-state index contributed by atoms with van der Waals surface area (Å²) in [5, 5.41) is 9.65. The SMILES string of the molecule is CCCC[C@@H](CC=C[C@H]1CCC(=O)[C@@H]1CCCCCC(=O)C(O)C(=O)OCC)C1CC1. The zero-order valence-corrected chi connectivity index (χ0v) is 19.5. The third kappa shape index (κ3) is 8.88. The number of hydrogen-bond donors (Lipinski definition) is 1. The average Bonchev–Trinajstić information content (AvgIpc) is 3.54. The summed E-state index contributed by atoms with van der Waals surface area (Å²) in [4.78, 5) is 35.6. The molecule has 2 rings (SSSR count). The van der Waals surface area contributed by atoms with Gasteiger partial charge in [-0.15, -0.1) is 0 Å². The van der Waals surface area contributed by atoms with E-state index in [1.54, 1.807) is 6.92 Å². The van der Waals surface area contributed by atoms with Gasteiger partial charge in [-0.25, -0.2) is 4.79 Å². The number of Topliss-reactive ketones (excluding diaryl/α,β-unsaturated/α-hetero) is 2. The summed E-state index contributed by atoms with van der Waals surface area (Å²) >= 11 is 0. The highest BCUT2D eigenvalue weighted by molar-refractivity contribution is 6.01. The second kappa shape index (κ2) is 13.8. The number of rotatable bonds is 16. The van der Waals surface area contributed by atoms with E-state index in [1.807, 2.05) is 0 Å². The summed E-state index contributed by atoms with van der Waals surface area (Å²) in [5.41, 5.74) is 0. The first-order chi connectivity index (χ1) is 15.0. The third-order valence-electron chi connectivity index (χ3n) is 6.95. The van der Waals surface area contributed by atoms with Gasteiger partial charge in [0.2, 0.25) is 6.10 Å². The predicted octanol–water partition coefficient (Wildman–Crippen LogP) is 5.19. The lowest BCUT2D eigenvalue weighted by Crippen LogP contribution is -2.31. The Bertz CT molecular complexity index is 607. The van der Waals surface area contributed by atoms with Crippen molar-refractivity contribution >= 4 is 17.5 Å². The molecular formula is C26H42O5. The topological polar surface area (TPSA) is 80.7 Å². The lowest BCUT2D eigenvalue weighted by Gasteiger charge is -2.16. The molecule has 0 amide bonds. The van der Waals surface area contributed by atoms with Gasteiger partial charge < -0.3 is 9.84 Å². The average molecular weight is 435 g/mol. The Kier molecular flexibility index (Phi) is 11.5. The van der Waals surface area contributed by atoms with Gasteiger partial charge in [-0.3, -0.25) is 9.59 Å². The smallest absolute Gasteiger partial charge is 0.342 e. The maximum absolute atomic E-state index is 12.4. The number of aliphatic hydroxyl groups excluding tert-OH is 1. The summed E-state index contributed by atoms with van der Waals surface area (Å²) in [7, 11) is 0. The molecule has 2 aliphatic carbocycles. The summed E-state index contributed by atoms with van der Waals surface area (Å²) in [6, 6.07) is 0. The molecule has 0 aromatic rings. The molecule has 0 aliphatic heterocycles. The molecule has 5 nitrogen and oxygen atoms in total. The van der Waals surface area contributed by atoms with Crippen molar-refractivity contribution in [2.45, 2.75) is 103 Å². The molecule has 2 saturated carbocycles. The minimum atomic E-state index is -1.66. The summed E-state index contributed by atoms with van der Waals surface area (Å²) in [6.45, 7) is 4.04. The molecule has 0 heterocycles. The van der Waals surface area contributed by atoms with Gasteiger partial charge in [0.05, 0.1) is 6.61 Å². The van der Waals surface area contributed by atoms with Crippen molar-refractivity contribution in [2.75, 3.05) is 6.61 Å². The molecule has 0 aromatic heterocycles. The van der Waals surface area contributed by atoms with Crippen molar-refractivity contribution in [1.29, 1.82) is 0 Å². The first kappa shape index (κ1) is 25.8. The van der Waals surface area contributed by atoms with E-state index in [0.29, 0.717) is 24.5 Å². The summed E-state index contributed by atoms with van der Waals surface area (Å²) < 4.78 is 4.67. The molecule has 1 unspecified atom stereocenters. The van der Waals surface area contributed by atoms with Crippen LogP contribution in [0, 0.1) is 23.7 Å². The maximum atomic E-state index is 12.4. The Labute approximate surface area is 188 Å². The molecule has 4 atom stereocenters. The number of carbonyl (C=O) groups excluding carboxylic acids is 3. The third-order valence-corrected chi connectivity index (χ3v) is 6.95. The van der Waals surface area contributed by atoms with E-state index in [9.17, 15) is 19.5 Å². The van der Waals surface area contributed by atoms with Gasteiger partial charge in [0.15, 0.2) is 5.78 Å². The molecular weight excluding hydrogens is 392 g/mol. The Balaban J connectivity index is 1.68. The van der Waals surface area contributed by atoms with Crippen LogP contribution < -0.4 is 0 Å². The zero-order chi connectivity index (χ0) is 22.6. The first-order valence-electron chi connectivity index (χ1n) is 12.5. The molecule has 2 fully saturated rings. The van der Waals surface area contributed by atoms with Crippen LogP contribution in [0.2, 0.25) is 0 Å². The van der Waals surface area contributed by atoms with Crippen LogP contribution in [-0.2, 0) is 19.1 Å². The molecule has 0 bridgehead atoms. The summed E-state index contributed by atoms with van der Waals surface area (Å²) in [6.07, 6.45) is 15.9. The lowest BCUT2D eigenvalue weighted by atomic mass is 9.88. The van der Waals surface area contributed by atoms with Gasteiger partial charge in [0.25, 0.3) is 0 Å². The number of hydrogen-bond acceptors (Lipinski definition) is 5. The number of carbonyl (C=O) groups is 3. The fraction of sp³-hybridized carbons (Fsp3) is 0.808. The Hall–Kier alpha value is -1.49. The monoisotopic (exact) mass is 434 g/mol. The van der Waals surface area contributed by atoms with Crippen LogP contribution in [0.1, 0.15) is 97.3 Å². The van der Waals surface area contributed by atoms with Gasteiger partial charge in [0, 0.05) is 18.8 Å². The highest BCUT2D eigenvalue weighted by atomic mass is 16.5. The second-order valence-electron chi connectivity index (χ2n) is 9.40. The first-order valence-corrected chi connectivity index (χ1v) is 12.5. The van der Waals surface area contributed by atoms with E-state index in [2.05, 4.69) is 23.8 Å². The number of unbranched alkanes of at least 4 members (excludes halogenated alkanes) is 3. The Morgan fingerprint density at radius 1 is 1.13 bits per heavy atom. The molecule has 0 radical (unpaired) electrons. The molecule has 5 heteroatoms. The fourth-order valence-corrected chi connectivity index (χ4v) is 4.88. The molecule has 31 heavy (non-hydrogen) atoms. The number of ether oxygens (including phenoxy) is 1. The lowest BCUT2D eigenvalue weighted by molar-refractivity contribution is -0.157. The normalized spacial score (nSPS) is 23.3. The summed E-state index contributed by atoms with van der Waals surface area (Å²) in [5.74, 6) is 1.28. The largest absolute Gasteiger partial charge is 0.464 e. The molecule has 0 aromatic carbocycles. The molecule has 2 aliphatic rings.